The van der Waals surface area contributed by atoms with Gasteiger partial charge < -0.3 is 74.3 Å². The second-order valence-electron chi connectivity index (χ2n) is 11.8. The number of benzene rings is 2. The summed E-state index contributed by atoms with van der Waals surface area (Å²) in [5, 5.41) is 20.6. The molecule has 5 amide bonds. The molecule has 0 heterocycles. The number of aliphatic carboxylic acids is 1. The van der Waals surface area contributed by atoms with Crippen LogP contribution in [0.5, 0.6) is 0 Å². The van der Waals surface area contributed by atoms with Gasteiger partial charge in [0.2, 0.25) is 0 Å². The molecule has 6 N–H and O–H groups in total. The molecule has 0 aliphatic heterocycles. The second-order valence-corrected chi connectivity index (χ2v) is 11.8. The van der Waals surface area contributed by atoms with Crippen LogP contribution in [0.15, 0.2) is 48.5 Å². The molecule has 1 aliphatic carbocycles. The lowest BCUT2D eigenvalue weighted by Gasteiger charge is -2.14. The van der Waals surface area contributed by atoms with Crippen LogP contribution >= 0.6 is 0 Å². The van der Waals surface area contributed by atoms with E-state index in [1.54, 1.807) is 0 Å². The van der Waals surface area contributed by atoms with Crippen LogP contribution in [0.3, 0.4) is 0 Å². The molecule has 3 rings (SSSR count). The number of fused-ring (bicyclic) bond motifs is 3. The number of carbonyl (C=O) groups is 6. The molecule has 21 nitrogen and oxygen atoms in total. The molecule has 0 saturated carbocycles. The molecule has 0 atom stereocenters. The van der Waals surface area contributed by atoms with Crippen molar-refractivity contribution in [3.05, 3.63) is 59.7 Å². The lowest BCUT2D eigenvalue weighted by Crippen LogP contribution is -2.31. The van der Waals surface area contributed by atoms with Gasteiger partial charge in [0.05, 0.1) is 52.9 Å². The molecule has 0 saturated heterocycles. The Hall–Kier alpha value is -5.90. The summed E-state index contributed by atoms with van der Waals surface area (Å²) in [5.41, 5.74) is 4.57. The van der Waals surface area contributed by atoms with Crippen LogP contribution in [0.2, 0.25) is 0 Å². The number of ether oxygens (including phenoxy) is 9. The Kier molecular flexibility index (Phi) is 22.8. The predicted octanol–water partition coefficient (Wildman–Crippen LogP) is 1.58. The smallest absolute Gasteiger partial charge is 0.407 e. The molecule has 320 valence electrons. The number of carboxylic acid groups (broad SMARTS) is 1. The third kappa shape index (κ3) is 19.8. The molecule has 2 aromatic rings. The molecular weight excluding hydrogens is 770 g/mol. The normalized spacial score (nSPS) is 11.3. The molecule has 0 fully saturated rings. The van der Waals surface area contributed by atoms with Crippen molar-refractivity contribution < 1.29 is 76.5 Å². The van der Waals surface area contributed by atoms with E-state index in [-0.39, 0.29) is 118 Å². The molecule has 0 aromatic heterocycles. The van der Waals surface area contributed by atoms with Crippen molar-refractivity contribution in [3.8, 4) is 11.1 Å². The average Bonchev–Trinajstić information content (AvgIpc) is 3.54. The van der Waals surface area contributed by atoms with Gasteiger partial charge in [-0.25, -0.2) is 24.0 Å². The lowest BCUT2D eigenvalue weighted by molar-refractivity contribution is -0.135. The number of rotatable bonds is 28. The summed E-state index contributed by atoms with van der Waals surface area (Å²) in [6, 6.07) is 16.2. The molecule has 2 aromatic carbocycles. The van der Waals surface area contributed by atoms with Crippen LogP contribution in [-0.2, 0) is 47.4 Å². The highest BCUT2D eigenvalue weighted by molar-refractivity contribution is 5.79. The molecule has 58 heavy (non-hydrogen) atoms. The Balaban J connectivity index is 1.02. The zero-order valence-corrected chi connectivity index (χ0v) is 32.0. The van der Waals surface area contributed by atoms with Gasteiger partial charge >= 0.3 is 36.4 Å². The number of alkyl carbamates (subject to hydrolysis) is 5. The first-order chi connectivity index (χ1) is 28.2. The van der Waals surface area contributed by atoms with Gasteiger partial charge in [-0.1, -0.05) is 48.5 Å². The van der Waals surface area contributed by atoms with Crippen molar-refractivity contribution in [1.82, 2.24) is 26.6 Å². The minimum atomic E-state index is -1.20. The second kappa shape index (κ2) is 28.5. The van der Waals surface area contributed by atoms with Crippen LogP contribution in [0, 0.1) is 0 Å². The summed E-state index contributed by atoms with van der Waals surface area (Å²) in [5.74, 6) is -1.22. The highest BCUT2D eigenvalue weighted by Gasteiger charge is 2.29. The van der Waals surface area contributed by atoms with Gasteiger partial charge in [-0.05, 0) is 22.3 Å². The van der Waals surface area contributed by atoms with E-state index in [2.05, 4.69) is 50.3 Å². The van der Waals surface area contributed by atoms with E-state index in [1.165, 1.54) is 0 Å². The lowest BCUT2D eigenvalue weighted by atomic mass is 9.98. The van der Waals surface area contributed by atoms with E-state index in [4.69, 9.17) is 43.0 Å². The van der Waals surface area contributed by atoms with Crippen molar-refractivity contribution in [3.63, 3.8) is 0 Å². The first kappa shape index (κ1) is 46.5. The number of nitrogens with one attached hydrogen (secondary N) is 5. The third-order valence-corrected chi connectivity index (χ3v) is 7.63. The number of carbonyl (C=O) groups excluding carboxylic acids is 5. The maximum Gasteiger partial charge on any atom is 0.407 e. The SMILES string of the molecule is O=C(O)CNC(=O)OCCOCCNC(=O)OCCOCCNC(=O)OCCOCCNC(=O)OCCOCCNC(=O)OCC1c2ccccc2-c2ccccc21. The summed E-state index contributed by atoms with van der Waals surface area (Å²) in [6.45, 7) is 1.28. The Labute approximate surface area is 334 Å². The summed E-state index contributed by atoms with van der Waals surface area (Å²) in [6.07, 6.45) is -3.42. The topological polar surface area (TPSA) is 266 Å². The maximum absolute atomic E-state index is 12.2. The van der Waals surface area contributed by atoms with Crippen molar-refractivity contribution in [1.29, 1.82) is 0 Å². The monoisotopic (exact) mass is 821 g/mol. The average molecular weight is 822 g/mol. The van der Waals surface area contributed by atoms with Crippen LogP contribution in [0.4, 0.5) is 24.0 Å². The number of hydrogen-bond acceptors (Lipinski definition) is 15. The van der Waals surface area contributed by atoms with E-state index < -0.39 is 43.0 Å². The first-order valence-electron chi connectivity index (χ1n) is 18.5. The van der Waals surface area contributed by atoms with Crippen molar-refractivity contribution in [2.24, 2.45) is 0 Å². The Morgan fingerprint density at radius 1 is 0.431 bits per heavy atom. The minimum absolute atomic E-state index is 0.0124. The van der Waals surface area contributed by atoms with Crippen LogP contribution in [0.1, 0.15) is 17.0 Å². The van der Waals surface area contributed by atoms with Gasteiger partial charge in [0.15, 0.2) is 0 Å². The van der Waals surface area contributed by atoms with Gasteiger partial charge in [0.25, 0.3) is 0 Å². The molecule has 1 aliphatic rings. The summed E-state index contributed by atoms with van der Waals surface area (Å²) in [4.78, 5) is 68.8. The van der Waals surface area contributed by atoms with E-state index in [1.807, 2.05) is 29.6 Å². The maximum atomic E-state index is 12.2. The number of hydrogen-bond donors (Lipinski definition) is 6. The molecule has 0 bridgehead atoms. The number of carboxylic acids is 1. The van der Waals surface area contributed by atoms with Gasteiger partial charge in [-0.15, -0.1) is 0 Å². The van der Waals surface area contributed by atoms with Crippen molar-refractivity contribution >= 4 is 36.4 Å². The quantitative estimate of drug-likeness (QED) is 0.0526. The zero-order chi connectivity index (χ0) is 41.6. The molecular formula is C37H51N5O16. The largest absolute Gasteiger partial charge is 0.480 e. The fourth-order valence-electron chi connectivity index (χ4n) is 5.08. The summed E-state index contributed by atoms with van der Waals surface area (Å²) in [7, 11) is 0. The molecule has 0 radical (unpaired) electrons. The fourth-order valence-corrected chi connectivity index (χ4v) is 5.08. The van der Waals surface area contributed by atoms with Gasteiger partial charge in [-0.3, -0.25) is 4.79 Å². The highest BCUT2D eigenvalue weighted by atomic mass is 16.6. The minimum Gasteiger partial charge on any atom is -0.480 e. The van der Waals surface area contributed by atoms with Crippen molar-refractivity contribution in [2.75, 3.05) is 119 Å². The van der Waals surface area contributed by atoms with E-state index in [0.717, 1.165) is 22.3 Å². The predicted molar refractivity (Wildman–Crippen MR) is 201 cm³/mol. The molecule has 0 spiro atoms. The van der Waals surface area contributed by atoms with E-state index in [9.17, 15) is 28.8 Å². The summed E-state index contributed by atoms with van der Waals surface area (Å²) < 4.78 is 46.2. The van der Waals surface area contributed by atoms with E-state index >= 15 is 0 Å². The Morgan fingerprint density at radius 3 is 1.12 bits per heavy atom. The molecule has 21 heteroatoms. The standard InChI is InChI=1S/C37H51N5O16/c43-32(44)25-42-37(49)57-24-20-52-15-11-40-35(47)55-22-18-50-13-9-38-33(45)54-21-17-51-14-10-39-34(46)56-23-19-53-16-12-41-36(48)58-26-31-29-7-3-1-5-27(29)28-6-2-4-8-30(28)31/h1-8,31H,9-26H2,(H,38,45)(H,39,46)(H,40,47)(H,41,48)(H,42,49)(H,43,44). The highest BCUT2D eigenvalue weighted by Crippen LogP contribution is 2.44. The molecule has 0 unspecified atom stereocenters. The van der Waals surface area contributed by atoms with Crippen molar-refractivity contribution in [2.45, 2.75) is 5.92 Å². The van der Waals surface area contributed by atoms with Gasteiger partial charge in [0, 0.05) is 32.1 Å². The number of amides is 5. The van der Waals surface area contributed by atoms with Gasteiger partial charge in [-0.2, -0.15) is 0 Å². The Bertz CT molecular complexity index is 1540. The van der Waals surface area contributed by atoms with Crippen LogP contribution < -0.4 is 26.6 Å². The summed E-state index contributed by atoms with van der Waals surface area (Å²) >= 11 is 0. The van der Waals surface area contributed by atoms with Gasteiger partial charge in [0.1, 0.15) is 39.6 Å². The van der Waals surface area contributed by atoms with Crippen LogP contribution in [-0.4, -0.2) is 160 Å². The third-order valence-electron chi connectivity index (χ3n) is 7.63. The van der Waals surface area contributed by atoms with Crippen LogP contribution in [0.25, 0.3) is 11.1 Å². The Morgan fingerprint density at radius 2 is 0.759 bits per heavy atom. The zero-order valence-electron chi connectivity index (χ0n) is 32.0. The first-order valence-corrected chi connectivity index (χ1v) is 18.5. The fraction of sp³-hybridized carbons (Fsp3) is 0.514. The van der Waals surface area contributed by atoms with E-state index in [0.29, 0.717) is 0 Å².